The molecule has 2 aliphatic rings. The van der Waals surface area contributed by atoms with Gasteiger partial charge in [0.25, 0.3) is 0 Å². The molecular formula is C15H30N4O2. The Balaban J connectivity index is 1.68. The fourth-order valence-electron chi connectivity index (χ4n) is 3.11. The molecule has 0 spiro atoms. The van der Waals surface area contributed by atoms with Crippen molar-refractivity contribution in [2.45, 2.75) is 30.9 Å². The molecule has 21 heavy (non-hydrogen) atoms. The summed E-state index contributed by atoms with van der Waals surface area (Å²) in [6.45, 7) is 4.54. The van der Waals surface area contributed by atoms with Gasteiger partial charge in [-0.1, -0.05) is 0 Å². The number of hydrogen-bond acceptors (Lipinski definition) is 5. The third kappa shape index (κ3) is 4.92. The van der Waals surface area contributed by atoms with Crippen molar-refractivity contribution < 1.29 is 9.90 Å². The standard InChI is InChI=1S/C15H30N4O2/c1-17(2)13-4-7-19(10-13)11-14(20)16-12-15(21)5-8-18(3)9-6-15/h13,21H,4-12H2,1-3H3,(H,16,20). The largest absolute Gasteiger partial charge is 0.388 e. The Hall–Kier alpha value is -0.690. The lowest BCUT2D eigenvalue weighted by Crippen LogP contribution is -2.51. The molecule has 2 aliphatic heterocycles. The summed E-state index contributed by atoms with van der Waals surface area (Å²) in [5, 5.41) is 13.4. The van der Waals surface area contributed by atoms with Gasteiger partial charge in [-0.3, -0.25) is 9.69 Å². The van der Waals surface area contributed by atoms with Crippen LogP contribution in [0.2, 0.25) is 0 Å². The Kier molecular flexibility index (Phi) is 5.60. The number of piperidine rings is 1. The molecule has 2 saturated heterocycles. The van der Waals surface area contributed by atoms with E-state index in [2.05, 4.69) is 41.2 Å². The fourth-order valence-corrected chi connectivity index (χ4v) is 3.11. The van der Waals surface area contributed by atoms with E-state index in [0.29, 0.717) is 19.1 Å². The second-order valence-corrected chi connectivity index (χ2v) is 6.95. The lowest BCUT2D eigenvalue weighted by atomic mass is 9.91. The maximum Gasteiger partial charge on any atom is 0.234 e. The van der Waals surface area contributed by atoms with Crippen LogP contribution in [0.15, 0.2) is 0 Å². The Bertz CT molecular complexity index is 354. The normalized spacial score (nSPS) is 27.2. The molecule has 2 N–H and O–H groups in total. The average Bonchev–Trinajstić information content (AvgIpc) is 2.89. The van der Waals surface area contributed by atoms with Gasteiger partial charge in [-0.25, -0.2) is 0 Å². The van der Waals surface area contributed by atoms with Gasteiger partial charge in [-0.2, -0.15) is 0 Å². The summed E-state index contributed by atoms with van der Waals surface area (Å²) in [4.78, 5) is 18.7. The number of carbonyl (C=O) groups is 1. The molecule has 0 radical (unpaired) electrons. The second kappa shape index (κ2) is 7.05. The van der Waals surface area contributed by atoms with Crippen molar-refractivity contribution in [2.24, 2.45) is 0 Å². The molecule has 0 aliphatic carbocycles. The molecule has 0 aromatic rings. The van der Waals surface area contributed by atoms with Crippen LogP contribution in [0.3, 0.4) is 0 Å². The Morgan fingerprint density at radius 2 is 2.00 bits per heavy atom. The minimum atomic E-state index is -0.723. The molecule has 6 heteroatoms. The van der Waals surface area contributed by atoms with Crippen molar-refractivity contribution in [1.82, 2.24) is 20.0 Å². The number of likely N-dealkylation sites (tertiary alicyclic amines) is 2. The van der Waals surface area contributed by atoms with Crippen molar-refractivity contribution in [3.8, 4) is 0 Å². The lowest BCUT2D eigenvalue weighted by molar-refractivity contribution is -0.123. The topological polar surface area (TPSA) is 59.1 Å². The first-order valence-electron chi connectivity index (χ1n) is 7.94. The molecule has 6 nitrogen and oxygen atoms in total. The van der Waals surface area contributed by atoms with Crippen molar-refractivity contribution in [3.63, 3.8) is 0 Å². The van der Waals surface area contributed by atoms with E-state index in [1.165, 1.54) is 0 Å². The van der Waals surface area contributed by atoms with Crippen molar-refractivity contribution in [3.05, 3.63) is 0 Å². The molecule has 1 unspecified atom stereocenters. The van der Waals surface area contributed by atoms with E-state index >= 15 is 0 Å². The maximum absolute atomic E-state index is 12.0. The SMILES string of the molecule is CN1CCC(O)(CNC(=O)CN2CCC(N(C)C)C2)CC1. The molecule has 2 rings (SSSR count). The maximum atomic E-state index is 12.0. The first-order chi connectivity index (χ1) is 9.88. The van der Waals surface area contributed by atoms with Gasteiger partial charge in [0.05, 0.1) is 12.1 Å². The van der Waals surface area contributed by atoms with E-state index in [9.17, 15) is 9.90 Å². The zero-order chi connectivity index (χ0) is 15.5. The number of likely N-dealkylation sites (N-methyl/N-ethyl adjacent to an activating group) is 1. The number of nitrogens with zero attached hydrogens (tertiary/aromatic N) is 3. The smallest absolute Gasteiger partial charge is 0.234 e. The van der Waals surface area contributed by atoms with Crippen LogP contribution in [0.1, 0.15) is 19.3 Å². The van der Waals surface area contributed by atoms with E-state index < -0.39 is 5.60 Å². The summed E-state index contributed by atoms with van der Waals surface area (Å²) in [7, 11) is 6.24. The van der Waals surface area contributed by atoms with Crippen LogP contribution in [0.25, 0.3) is 0 Å². The number of carbonyl (C=O) groups excluding carboxylic acids is 1. The van der Waals surface area contributed by atoms with Gasteiger partial charge in [0.15, 0.2) is 0 Å². The van der Waals surface area contributed by atoms with Crippen LogP contribution in [-0.2, 0) is 4.79 Å². The number of amides is 1. The van der Waals surface area contributed by atoms with Crippen LogP contribution in [0.4, 0.5) is 0 Å². The second-order valence-electron chi connectivity index (χ2n) is 6.95. The molecule has 1 amide bonds. The molecule has 122 valence electrons. The van der Waals surface area contributed by atoms with E-state index in [0.717, 1.165) is 45.4 Å². The van der Waals surface area contributed by atoms with Crippen molar-refractivity contribution in [1.29, 1.82) is 0 Å². The summed E-state index contributed by atoms with van der Waals surface area (Å²) >= 11 is 0. The molecule has 0 saturated carbocycles. The van der Waals surface area contributed by atoms with Crippen LogP contribution in [0, 0.1) is 0 Å². The molecule has 0 bridgehead atoms. The summed E-state index contributed by atoms with van der Waals surface area (Å²) in [6.07, 6.45) is 2.59. The summed E-state index contributed by atoms with van der Waals surface area (Å²) in [5.74, 6) is 0.0294. The summed E-state index contributed by atoms with van der Waals surface area (Å²) in [6, 6.07) is 0.552. The Labute approximate surface area is 128 Å². The van der Waals surface area contributed by atoms with Gasteiger partial charge in [0.1, 0.15) is 0 Å². The Morgan fingerprint density at radius 3 is 2.57 bits per heavy atom. The van der Waals surface area contributed by atoms with Crippen molar-refractivity contribution >= 4 is 5.91 Å². The zero-order valence-corrected chi connectivity index (χ0v) is 13.6. The van der Waals surface area contributed by atoms with Gasteiger partial charge in [-0.15, -0.1) is 0 Å². The third-order valence-corrected chi connectivity index (χ3v) is 4.88. The highest BCUT2D eigenvalue weighted by Gasteiger charge is 2.32. The first kappa shape index (κ1) is 16.7. The van der Waals surface area contributed by atoms with Crippen LogP contribution in [0.5, 0.6) is 0 Å². The predicted octanol–water partition coefficient (Wildman–Crippen LogP) is -0.805. The van der Waals surface area contributed by atoms with Gasteiger partial charge in [0.2, 0.25) is 5.91 Å². The van der Waals surface area contributed by atoms with E-state index in [1.54, 1.807) is 0 Å². The predicted molar refractivity (Wildman–Crippen MR) is 83.2 cm³/mol. The number of hydrogen-bond donors (Lipinski definition) is 2. The molecule has 2 fully saturated rings. The fraction of sp³-hybridized carbons (Fsp3) is 0.933. The highest BCUT2D eigenvalue weighted by atomic mass is 16.3. The molecule has 0 aromatic heterocycles. The van der Waals surface area contributed by atoms with Crippen LogP contribution >= 0.6 is 0 Å². The quantitative estimate of drug-likeness (QED) is 0.696. The number of aliphatic hydroxyl groups is 1. The van der Waals surface area contributed by atoms with E-state index in [1.807, 2.05) is 0 Å². The molecule has 2 heterocycles. The summed E-state index contributed by atoms with van der Waals surface area (Å²) in [5.41, 5.74) is -0.723. The minimum absolute atomic E-state index is 0.0294. The van der Waals surface area contributed by atoms with Gasteiger partial charge >= 0.3 is 0 Å². The summed E-state index contributed by atoms with van der Waals surface area (Å²) < 4.78 is 0. The first-order valence-corrected chi connectivity index (χ1v) is 7.94. The van der Waals surface area contributed by atoms with Gasteiger partial charge in [-0.05, 0) is 40.4 Å². The highest BCUT2D eigenvalue weighted by Crippen LogP contribution is 2.20. The molecular weight excluding hydrogens is 268 g/mol. The Morgan fingerprint density at radius 1 is 1.33 bits per heavy atom. The van der Waals surface area contributed by atoms with Crippen LogP contribution in [-0.4, -0.2) is 97.8 Å². The van der Waals surface area contributed by atoms with Gasteiger partial charge in [0, 0.05) is 38.8 Å². The minimum Gasteiger partial charge on any atom is -0.388 e. The average molecular weight is 298 g/mol. The lowest BCUT2D eigenvalue weighted by Gasteiger charge is -2.36. The van der Waals surface area contributed by atoms with E-state index in [4.69, 9.17) is 0 Å². The molecule has 0 aromatic carbocycles. The zero-order valence-electron chi connectivity index (χ0n) is 13.6. The third-order valence-electron chi connectivity index (χ3n) is 4.88. The van der Waals surface area contributed by atoms with Gasteiger partial charge < -0.3 is 20.2 Å². The molecule has 1 atom stereocenters. The monoisotopic (exact) mass is 298 g/mol. The van der Waals surface area contributed by atoms with Crippen molar-refractivity contribution in [2.75, 3.05) is 60.4 Å². The number of rotatable bonds is 5. The van der Waals surface area contributed by atoms with E-state index in [-0.39, 0.29) is 5.91 Å². The van der Waals surface area contributed by atoms with Crippen LogP contribution < -0.4 is 5.32 Å². The highest BCUT2D eigenvalue weighted by molar-refractivity contribution is 5.78. The number of nitrogens with one attached hydrogen (secondary N) is 1.